The first-order valence-electron chi connectivity index (χ1n) is 10.3. The molecule has 0 aliphatic heterocycles. The third kappa shape index (κ3) is 8.50. The number of carbonyl (C=O) groups is 3. The minimum absolute atomic E-state index is 0.0878. The fraction of sp³-hybridized carbons (Fsp3) is 0.375. The van der Waals surface area contributed by atoms with Crippen LogP contribution in [0.4, 0.5) is 4.79 Å². The molecule has 2 amide bonds. The lowest BCUT2D eigenvalue weighted by Crippen LogP contribution is -2.53. The Morgan fingerprint density at radius 1 is 0.839 bits per heavy atom. The highest BCUT2D eigenvalue weighted by atomic mass is 16.5. The van der Waals surface area contributed by atoms with E-state index in [-0.39, 0.29) is 18.9 Å². The molecule has 2 N–H and O–H groups in total. The van der Waals surface area contributed by atoms with Crippen LogP contribution in [-0.2, 0) is 32.1 Å². The summed E-state index contributed by atoms with van der Waals surface area (Å²) in [6, 6.07) is 16.9. The Morgan fingerprint density at radius 2 is 1.42 bits per heavy atom. The van der Waals surface area contributed by atoms with Gasteiger partial charge in [-0.15, -0.1) is 0 Å². The van der Waals surface area contributed by atoms with Crippen LogP contribution < -0.4 is 10.6 Å². The van der Waals surface area contributed by atoms with Gasteiger partial charge in [0.15, 0.2) is 0 Å². The van der Waals surface area contributed by atoms with Gasteiger partial charge in [0.2, 0.25) is 5.91 Å². The SMILES string of the molecule is COC(=O)[C@@H](CC(C)C)NC(=O)[C@H](Cc1ccccc1)NC(=O)OCc1ccccc1. The maximum absolute atomic E-state index is 13.0. The van der Waals surface area contributed by atoms with E-state index in [2.05, 4.69) is 10.6 Å². The Hall–Kier alpha value is -3.35. The summed E-state index contributed by atoms with van der Waals surface area (Å²) >= 11 is 0. The van der Waals surface area contributed by atoms with Gasteiger partial charge in [0.1, 0.15) is 18.7 Å². The number of amides is 2. The molecular formula is C24H30N2O5. The number of esters is 1. The third-order valence-electron chi connectivity index (χ3n) is 4.61. The maximum Gasteiger partial charge on any atom is 0.408 e. The normalized spacial score (nSPS) is 12.5. The number of alkyl carbamates (subject to hydrolysis) is 1. The van der Waals surface area contributed by atoms with Crippen molar-refractivity contribution in [3.63, 3.8) is 0 Å². The van der Waals surface area contributed by atoms with Crippen LogP contribution in [0.15, 0.2) is 60.7 Å². The second-order valence-electron chi connectivity index (χ2n) is 7.66. The number of methoxy groups -OCH3 is 1. The number of hydrogen-bond acceptors (Lipinski definition) is 5. The number of hydrogen-bond donors (Lipinski definition) is 2. The van der Waals surface area contributed by atoms with Gasteiger partial charge in [-0.1, -0.05) is 74.5 Å². The summed E-state index contributed by atoms with van der Waals surface area (Å²) in [5.41, 5.74) is 1.70. The second-order valence-corrected chi connectivity index (χ2v) is 7.66. The fourth-order valence-corrected chi connectivity index (χ4v) is 3.07. The van der Waals surface area contributed by atoms with Crippen LogP contribution in [0.3, 0.4) is 0 Å². The lowest BCUT2D eigenvalue weighted by Gasteiger charge is -2.23. The smallest absolute Gasteiger partial charge is 0.408 e. The van der Waals surface area contributed by atoms with Gasteiger partial charge in [-0.3, -0.25) is 4.79 Å². The number of ether oxygens (including phenoxy) is 2. The molecule has 0 aliphatic rings. The molecule has 0 aliphatic carbocycles. The van der Waals surface area contributed by atoms with Crippen molar-refractivity contribution in [2.24, 2.45) is 5.92 Å². The minimum Gasteiger partial charge on any atom is -0.467 e. The summed E-state index contributed by atoms with van der Waals surface area (Å²) in [6.07, 6.45) is -0.0316. The Labute approximate surface area is 183 Å². The highest BCUT2D eigenvalue weighted by Gasteiger charge is 2.28. The Kier molecular flexibility index (Phi) is 9.55. The predicted molar refractivity (Wildman–Crippen MR) is 117 cm³/mol. The van der Waals surface area contributed by atoms with Gasteiger partial charge in [-0.25, -0.2) is 9.59 Å². The van der Waals surface area contributed by atoms with Crippen molar-refractivity contribution >= 4 is 18.0 Å². The van der Waals surface area contributed by atoms with E-state index in [0.717, 1.165) is 11.1 Å². The molecule has 0 spiro atoms. The van der Waals surface area contributed by atoms with E-state index in [1.165, 1.54) is 7.11 Å². The molecule has 0 bridgehead atoms. The average Bonchev–Trinajstić information content (AvgIpc) is 2.77. The zero-order chi connectivity index (χ0) is 22.6. The average molecular weight is 427 g/mol. The number of rotatable bonds is 10. The van der Waals surface area contributed by atoms with E-state index in [1.54, 1.807) is 0 Å². The van der Waals surface area contributed by atoms with Gasteiger partial charge in [-0.05, 0) is 23.5 Å². The molecule has 0 unspecified atom stereocenters. The molecule has 2 aromatic rings. The molecule has 31 heavy (non-hydrogen) atoms. The van der Waals surface area contributed by atoms with E-state index in [0.29, 0.717) is 6.42 Å². The lowest BCUT2D eigenvalue weighted by molar-refractivity contribution is -0.145. The minimum atomic E-state index is -0.912. The number of benzene rings is 2. The van der Waals surface area contributed by atoms with Crippen molar-refractivity contribution in [3.8, 4) is 0 Å². The molecule has 0 saturated heterocycles. The molecule has 0 heterocycles. The van der Waals surface area contributed by atoms with Crippen molar-refractivity contribution in [3.05, 3.63) is 71.8 Å². The molecule has 7 heteroatoms. The van der Waals surface area contributed by atoms with Crippen LogP contribution in [-0.4, -0.2) is 37.2 Å². The summed E-state index contributed by atoms with van der Waals surface area (Å²) in [6.45, 7) is 3.98. The first-order valence-corrected chi connectivity index (χ1v) is 10.3. The van der Waals surface area contributed by atoms with Gasteiger partial charge in [0.25, 0.3) is 0 Å². The maximum atomic E-state index is 13.0. The Balaban J connectivity index is 2.08. The Bertz CT molecular complexity index is 840. The summed E-state index contributed by atoms with van der Waals surface area (Å²) < 4.78 is 10.1. The van der Waals surface area contributed by atoms with Crippen LogP contribution in [0.5, 0.6) is 0 Å². The van der Waals surface area contributed by atoms with Crippen LogP contribution in [0, 0.1) is 5.92 Å². The van der Waals surface area contributed by atoms with Crippen LogP contribution >= 0.6 is 0 Å². The van der Waals surface area contributed by atoms with E-state index in [9.17, 15) is 14.4 Å². The van der Waals surface area contributed by atoms with Gasteiger partial charge >= 0.3 is 12.1 Å². The van der Waals surface area contributed by atoms with Gasteiger partial charge < -0.3 is 20.1 Å². The van der Waals surface area contributed by atoms with Crippen molar-refractivity contribution in [2.75, 3.05) is 7.11 Å². The van der Waals surface area contributed by atoms with E-state index >= 15 is 0 Å². The molecule has 0 saturated carbocycles. The number of carbonyl (C=O) groups excluding carboxylic acids is 3. The predicted octanol–water partition coefficient (Wildman–Crippen LogP) is 3.23. The van der Waals surface area contributed by atoms with Crippen LogP contribution in [0.2, 0.25) is 0 Å². The fourth-order valence-electron chi connectivity index (χ4n) is 3.07. The molecule has 2 aromatic carbocycles. The van der Waals surface area contributed by atoms with Crippen LogP contribution in [0.25, 0.3) is 0 Å². The summed E-state index contributed by atoms with van der Waals surface area (Å²) in [4.78, 5) is 37.4. The first kappa shape index (κ1) is 23.9. The van der Waals surface area contributed by atoms with Crippen LogP contribution in [0.1, 0.15) is 31.4 Å². The summed E-state index contributed by atoms with van der Waals surface area (Å²) in [7, 11) is 1.28. The number of nitrogens with one attached hydrogen (secondary N) is 2. The second kappa shape index (κ2) is 12.4. The zero-order valence-electron chi connectivity index (χ0n) is 18.2. The first-order chi connectivity index (χ1) is 14.9. The molecule has 7 nitrogen and oxygen atoms in total. The van der Waals surface area contributed by atoms with E-state index < -0.39 is 30.1 Å². The third-order valence-corrected chi connectivity index (χ3v) is 4.61. The molecule has 0 aromatic heterocycles. The molecule has 0 radical (unpaired) electrons. The molecule has 166 valence electrons. The quantitative estimate of drug-likeness (QED) is 0.569. The van der Waals surface area contributed by atoms with E-state index in [4.69, 9.17) is 9.47 Å². The van der Waals surface area contributed by atoms with Crippen molar-refractivity contribution < 1.29 is 23.9 Å². The topological polar surface area (TPSA) is 93.7 Å². The van der Waals surface area contributed by atoms with Gasteiger partial charge in [0.05, 0.1) is 7.11 Å². The highest BCUT2D eigenvalue weighted by molar-refractivity contribution is 5.89. The molecule has 2 atom stereocenters. The largest absolute Gasteiger partial charge is 0.467 e. The van der Waals surface area contributed by atoms with Gasteiger partial charge in [0, 0.05) is 6.42 Å². The van der Waals surface area contributed by atoms with Crippen molar-refractivity contribution in [1.82, 2.24) is 10.6 Å². The zero-order valence-corrected chi connectivity index (χ0v) is 18.2. The highest BCUT2D eigenvalue weighted by Crippen LogP contribution is 2.09. The summed E-state index contributed by atoms with van der Waals surface area (Å²) in [5.74, 6) is -0.829. The lowest BCUT2D eigenvalue weighted by atomic mass is 10.0. The molecule has 0 fully saturated rings. The van der Waals surface area contributed by atoms with E-state index in [1.807, 2.05) is 74.5 Å². The van der Waals surface area contributed by atoms with Gasteiger partial charge in [-0.2, -0.15) is 0 Å². The van der Waals surface area contributed by atoms with Crippen molar-refractivity contribution in [1.29, 1.82) is 0 Å². The monoisotopic (exact) mass is 426 g/mol. The van der Waals surface area contributed by atoms with Crippen molar-refractivity contribution in [2.45, 2.75) is 45.4 Å². The Morgan fingerprint density at radius 3 is 1.97 bits per heavy atom. The molecule has 2 rings (SSSR count). The molecular weight excluding hydrogens is 396 g/mol. The summed E-state index contributed by atoms with van der Waals surface area (Å²) in [5, 5.41) is 5.34. The standard InChI is InChI=1S/C24H30N2O5/c1-17(2)14-21(23(28)30-3)25-22(27)20(15-18-10-6-4-7-11-18)26-24(29)31-16-19-12-8-5-9-13-19/h4-13,17,20-21H,14-16H2,1-3H3,(H,25,27)(H,26,29)/t20-,21+/m0/s1.